The maximum Gasteiger partial charge on any atom is 0.488 e. The van der Waals surface area contributed by atoms with Gasteiger partial charge < -0.3 is 14.8 Å². The van der Waals surface area contributed by atoms with Crippen LogP contribution in [0.3, 0.4) is 0 Å². The van der Waals surface area contributed by atoms with Crippen molar-refractivity contribution in [1.82, 2.24) is 0 Å². The molecule has 3 nitrogen and oxygen atoms in total. The zero-order valence-electron chi connectivity index (χ0n) is 9.50. The van der Waals surface area contributed by atoms with Crippen molar-refractivity contribution in [2.75, 3.05) is 0 Å². The molecule has 0 fully saturated rings. The van der Waals surface area contributed by atoms with Crippen molar-refractivity contribution in [2.24, 2.45) is 0 Å². The minimum atomic E-state index is -1.44. The summed E-state index contributed by atoms with van der Waals surface area (Å²) in [4.78, 5) is 0. The van der Waals surface area contributed by atoms with Gasteiger partial charge >= 0.3 is 7.12 Å². The highest BCUT2D eigenvalue weighted by atomic mass is 16.5. The number of ether oxygens (including phenoxy) is 1. The molecule has 2 aromatic rings. The highest BCUT2D eigenvalue weighted by molar-refractivity contribution is 6.58. The largest absolute Gasteiger partial charge is 0.488 e. The summed E-state index contributed by atoms with van der Waals surface area (Å²) in [5.74, 6) is 1.43. The van der Waals surface area contributed by atoms with E-state index in [0.717, 1.165) is 11.3 Å². The molecule has 2 N–H and O–H groups in total. The van der Waals surface area contributed by atoms with Gasteiger partial charge in [-0.3, -0.25) is 0 Å². The Hall–Kier alpha value is -1.78. The van der Waals surface area contributed by atoms with Crippen LogP contribution in [0.2, 0.25) is 0 Å². The highest BCUT2D eigenvalue weighted by Gasteiger charge is 2.09. The molecule has 0 saturated heterocycles. The number of rotatable bonds is 3. The summed E-state index contributed by atoms with van der Waals surface area (Å²) in [6, 6.07) is 14.4. The van der Waals surface area contributed by atoms with E-state index >= 15 is 0 Å². The summed E-state index contributed by atoms with van der Waals surface area (Å²) in [5, 5.41) is 17.9. The zero-order chi connectivity index (χ0) is 12.3. The van der Waals surface area contributed by atoms with Crippen LogP contribution in [-0.4, -0.2) is 17.2 Å². The lowest BCUT2D eigenvalue weighted by atomic mass is 9.80. The first-order valence-corrected chi connectivity index (χ1v) is 5.36. The second-order valence-electron chi connectivity index (χ2n) is 3.86. The molecular formula is C13H13BO3. The average Bonchev–Trinajstić information content (AvgIpc) is 2.29. The van der Waals surface area contributed by atoms with Crippen LogP contribution in [0.25, 0.3) is 0 Å². The van der Waals surface area contributed by atoms with E-state index in [1.54, 1.807) is 24.3 Å². The molecular weight excluding hydrogens is 215 g/mol. The van der Waals surface area contributed by atoms with Crippen molar-refractivity contribution in [1.29, 1.82) is 0 Å². The number of hydrogen-bond acceptors (Lipinski definition) is 3. The molecule has 0 aliphatic heterocycles. The monoisotopic (exact) mass is 228 g/mol. The fourth-order valence-electron chi connectivity index (χ4n) is 1.52. The predicted molar refractivity (Wildman–Crippen MR) is 67.5 cm³/mol. The predicted octanol–water partition coefficient (Wildman–Crippen LogP) is 1.47. The van der Waals surface area contributed by atoms with E-state index in [1.165, 1.54) is 0 Å². The fourth-order valence-corrected chi connectivity index (χ4v) is 1.52. The first-order chi connectivity index (χ1) is 8.15. The molecule has 0 amide bonds. The Morgan fingerprint density at radius 2 is 1.65 bits per heavy atom. The molecule has 0 bridgehead atoms. The first kappa shape index (κ1) is 11.7. The SMILES string of the molecule is Cc1cccc(Oc2ccc(B(O)O)cc2)c1. The summed E-state index contributed by atoms with van der Waals surface area (Å²) in [6.45, 7) is 2.00. The molecule has 0 atom stereocenters. The lowest BCUT2D eigenvalue weighted by Gasteiger charge is -2.07. The lowest BCUT2D eigenvalue weighted by molar-refractivity contribution is 0.425. The Morgan fingerprint density at radius 3 is 2.24 bits per heavy atom. The smallest absolute Gasteiger partial charge is 0.457 e. The summed E-state index contributed by atoms with van der Waals surface area (Å²) in [5.41, 5.74) is 1.58. The van der Waals surface area contributed by atoms with Gasteiger partial charge in [0.15, 0.2) is 0 Å². The summed E-state index contributed by atoms with van der Waals surface area (Å²) >= 11 is 0. The Labute approximate surface area is 100 Å². The van der Waals surface area contributed by atoms with Crippen molar-refractivity contribution in [3.8, 4) is 11.5 Å². The molecule has 0 aliphatic carbocycles. The third kappa shape index (κ3) is 3.09. The molecule has 0 spiro atoms. The maximum absolute atomic E-state index is 8.96. The summed E-state index contributed by atoms with van der Waals surface area (Å²) < 4.78 is 5.63. The van der Waals surface area contributed by atoms with Gasteiger partial charge in [-0.15, -0.1) is 0 Å². The first-order valence-electron chi connectivity index (χ1n) is 5.36. The molecule has 0 radical (unpaired) electrons. The topological polar surface area (TPSA) is 49.7 Å². The molecule has 2 rings (SSSR count). The van der Waals surface area contributed by atoms with Gasteiger partial charge in [0, 0.05) is 0 Å². The Bertz CT molecular complexity index is 494. The van der Waals surface area contributed by atoms with E-state index in [2.05, 4.69) is 0 Å². The van der Waals surface area contributed by atoms with Gasteiger partial charge in [-0.2, -0.15) is 0 Å². The maximum atomic E-state index is 8.96. The van der Waals surface area contributed by atoms with Crippen LogP contribution >= 0.6 is 0 Å². The van der Waals surface area contributed by atoms with Gasteiger partial charge in [0.25, 0.3) is 0 Å². The minimum absolute atomic E-state index is 0.446. The molecule has 86 valence electrons. The highest BCUT2D eigenvalue weighted by Crippen LogP contribution is 2.20. The molecule has 0 heterocycles. The molecule has 0 saturated carbocycles. The van der Waals surface area contributed by atoms with E-state index < -0.39 is 7.12 Å². The van der Waals surface area contributed by atoms with Crippen LogP contribution in [0.4, 0.5) is 0 Å². The van der Waals surface area contributed by atoms with Crippen LogP contribution in [-0.2, 0) is 0 Å². The van der Waals surface area contributed by atoms with Crippen molar-refractivity contribution in [3.63, 3.8) is 0 Å². The van der Waals surface area contributed by atoms with Crippen LogP contribution in [0.1, 0.15) is 5.56 Å². The van der Waals surface area contributed by atoms with Gasteiger partial charge in [-0.05, 0) is 42.2 Å². The van der Waals surface area contributed by atoms with Crippen LogP contribution < -0.4 is 10.2 Å². The van der Waals surface area contributed by atoms with Gasteiger partial charge in [0.2, 0.25) is 0 Å². The van der Waals surface area contributed by atoms with Crippen molar-refractivity contribution in [3.05, 3.63) is 54.1 Å². The molecule has 0 aliphatic rings. The van der Waals surface area contributed by atoms with E-state index in [9.17, 15) is 0 Å². The number of aryl methyl sites for hydroxylation is 1. The minimum Gasteiger partial charge on any atom is -0.457 e. The van der Waals surface area contributed by atoms with Crippen molar-refractivity contribution < 1.29 is 14.8 Å². The molecule has 2 aromatic carbocycles. The average molecular weight is 228 g/mol. The van der Waals surface area contributed by atoms with Gasteiger partial charge in [-0.1, -0.05) is 24.3 Å². The summed E-state index contributed by atoms with van der Waals surface area (Å²) in [6.07, 6.45) is 0. The number of hydrogen-bond donors (Lipinski definition) is 2. The quantitative estimate of drug-likeness (QED) is 0.782. The van der Waals surface area contributed by atoms with Crippen LogP contribution in [0.15, 0.2) is 48.5 Å². The standard InChI is InChI=1S/C13H13BO3/c1-10-3-2-4-13(9-10)17-12-7-5-11(6-8-12)14(15)16/h2-9,15-16H,1H3. The third-order valence-electron chi connectivity index (χ3n) is 2.40. The van der Waals surface area contributed by atoms with E-state index in [-0.39, 0.29) is 0 Å². The van der Waals surface area contributed by atoms with Crippen molar-refractivity contribution >= 4 is 12.6 Å². The molecule has 4 heteroatoms. The normalized spacial score (nSPS) is 10.1. The number of benzene rings is 2. The lowest BCUT2D eigenvalue weighted by Crippen LogP contribution is -2.29. The fraction of sp³-hybridized carbons (Fsp3) is 0.0769. The van der Waals surface area contributed by atoms with Crippen LogP contribution in [0, 0.1) is 6.92 Å². The second kappa shape index (κ2) is 5.04. The molecule has 0 unspecified atom stereocenters. The Kier molecular flexibility index (Phi) is 3.47. The third-order valence-corrected chi connectivity index (χ3v) is 2.40. The van der Waals surface area contributed by atoms with E-state index in [4.69, 9.17) is 14.8 Å². The van der Waals surface area contributed by atoms with E-state index in [0.29, 0.717) is 11.2 Å². The van der Waals surface area contributed by atoms with Gasteiger partial charge in [-0.25, -0.2) is 0 Å². The summed E-state index contributed by atoms with van der Waals surface area (Å²) in [7, 11) is -1.44. The second-order valence-corrected chi connectivity index (χ2v) is 3.86. The molecule has 17 heavy (non-hydrogen) atoms. The Morgan fingerprint density at radius 1 is 0.941 bits per heavy atom. The zero-order valence-corrected chi connectivity index (χ0v) is 9.50. The van der Waals surface area contributed by atoms with Crippen molar-refractivity contribution in [2.45, 2.75) is 6.92 Å². The van der Waals surface area contributed by atoms with Crippen LogP contribution in [0.5, 0.6) is 11.5 Å². The van der Waals surface area contributed by atoms with E-state index in [1.807, 2.05) is 31.2 Å². The van der Waals surface area contributed by atoms with Gasteiger partial charge in [0.1, 0.15) is 11.5 Å². The Balaban J connectivity index is 2.14. The van der Waals surface area contributed by atoms with Gasteiger partial charge in [0.05, 0.1) is 0 Å². The molecule has 0 aromatic heterocycles.